The first-order chi connectivity index (χ1) is 22.0. The molecular weight excluding hydrogens is 769 g/mol. The number of pyridine rings is 2. The van der Waals surface area contributed by atoms with Gasteiger partial charge in [-0.25, -0.2) is 0 Å². The molecule has 0 aliphatic carbocycles. The van der Waals surface area contributed by atoms with Crippen molar-refractivity contribution in [1.29, 1.82) is 0 Å². The second-order valence-electron chi connectivity index (χ2n) is 13.5. The van der Waals surface area contributed by atoms with Crippen molar-refractivity contribution in [2.45, 2.75) is 52.8 Å². The normalized spacial score (nSPS) is 11.6. The van der Waals surface area contributed by atoms with Crippen LogP contribution in [-0.4, -0.2) is 18.0 Å². The number of para-hydroxylation sites is 1. The fourth-order valence-corrected chi connectivity index (χ4v) is 6.80. The minimum atomic E-state index is -1.23. The molecule has 239 valence electrons. The average Bonchev–Trinajstić information content (AvgIpc) is 3.46. The van der Waals surface area contributed by atoms with E-state index in [9.17, 15) is 0 Å². The van der Waals surface area contributed by atoms with Crippen LogP contribution in [0.5, 0.6) is 0 Å². The van der Waals surface area contributed by atoms with E-state index in [1.165, 1.54) is 21.9 Å². The molecule has 0 bridgehead atoms. The Hall–Kier alpha value is -4.15. The van der Waals surface area contributed by atoms with Crippen LogP contribution in [0.1, 0.15) is 36.1 Å². The molecular formula is C42H40IrN2OSi-2. The van der Waals surface area contributed by atoms with Gasteiger partial charge in [-0.05, 0) is 46.8 Å². The molecule has 3 nitrogen and oxygen atoms in total. The van der Waals surface area contributed by atoms with Gasteiger partial charge in [-0.1, -0.05) is 118 Å². The summed E-state index contributed by atoms with van der Waals surface area (Å²) in [6.45, 7) is 15.7. The van der Waals surface area contributed by atoms with Gasteiger partial charge in [0.25, 0.3) is 0 Å². The number of aryl methyl sites for hydroxylation is 2. The molecule has 0 N–H and O–H groups in total. The predicted molar refractivity (Wildman–Crippen MR) is 195 cm³/mol. The predicted octanol–water partition coefficient (Wildman–Crippen LogP) is 10.5. The summed E-state index contributed by atoms with van der Waals surface area (Å²) >= 11 is 0. The largest absolute Gasteiger partial charge is 0.501 e. The van der Waals surface area contributed by atoms with Crippen LogP contribution in [0.2, 0.25) is 19.6 Å². The van der Waals surface area contributed by atoms with Crippen LogP contribution < -0.4 is 5.19 Å². The number of benzene rings is 4. The third-order valence-corrected chi connectivity index (χ3v) is 10.8. The molecule has 3 aromatic heterocycles. The van der Waals surface area contributed by atoms with E-state index in [1.807, 2.05) is 54.9 Å². The van der Waals surface area contributed by atoms with Gasteiger partial charge in [-0.15, -0.1) is 53.6 Å². The SMILES string of the molecule is C[Si](C)(C)c1ccc(-c2[c-]cccc2)nc1.Cc1ccc(C(C)(C)c2ccnc(-c3[c-]cc(C)c4c3oc3ccccc34)c2)cc1.[Ir]. The minimum Gasteiger partial charge on any atom is -0.501 e. The smallest absolute Gasteiger partial charge is 0.120 e. The molecule has 0 unspecified atom stereocenters. The van der Waals surface area contributed by atoms with Crippen LogP contribution in [0.4, 0.5) is 0 Å². The van der Waals surface area contributed by atoms with Crippen LogP contribution in [0.25, 0.3) is 44.5 Å². The number of hydrogen-bond donors (Lipinski definition) is 0. The first-order valence-corrected chi connectivity index (χ1v) is 19.3. The number of nitrogens with zero attached hydrogens (tertiary/aromatic N) is 2. The summed E-state index contributed by atoms with van der Waals surface area (Å²) in [7, 11) is -1.23. The van der Waals surface area contributed by atoms with Crippen LogP contribution >= 0.6 is 0 Å². The zero-order valence-corrected chi connectivity index (χ0v) is 31.5. The molecule has 0 spiro atoms. The molecule has 0 amide bonds. The standard InChI is InChI=1S/C28H24NO.C14H16NSi.Ir/c1-18-9-12-20(13-10-18)28(3,4)21-15-16-29-24(17-21)22-14-11-19(2)26-23-7-5-6-8-25(23)30-27(22)26;1-16(2,3)13-9-10-14(15-11-13)12-7-5-4-6-8-12;/h5-13,15-17H,1-4H3;4-7,9-11H,1-3H3;/q2*-1;. The molecule has 1 radical (unpaired) electrons. The summed E-state index contributed by atoms with van der Waals surface area (Å²) in [5, 5.41) is 3.67. The number of rotatable bonds is 5. The Balaban J connectivity index is 0.000000217. The van der Waals surface area contributed by atoms with Crippen molar-refractivity contribution in [3.63, 3.8) is 0 Å². The van der Waals surface area contributed by atoms with Crippen molar-refractivity contribution in [2.75, 3.05) is 0 Å². The number of fused-ring (bicyclic) bond motifs is 3. The second-order valence-corrected chi connectivity index (χ2v) is 18.6. The van der Waals surface area contributed by atoms with Gasteiger partial charge in [-0.2, -0.15) is 0 Å². The quantitative estimate of drug-likeness (QED) is 0.128. The van der Waals surface area contributed by atoms with Crippen molar-refractivity contribution in [3.8, 4) is 22.5 Å². The maximum atomic E-state index is 6.27. The Labute approximate surface area is 293 Å². The number of aromatic nitrogens is 2. The maximum absolute atomic E-state index is 6.27. The fraction of sp³-hybridized carbons (Fsp3) is 0.190. The summed E-state index contributed by atoms with van der Waals surface area (Å²) in [4.78, 5) is 9.21. The molecule has 7 aromatic rings. The second kappa shape index (κ2) is 13.9. The molecule has 7 rings (SSSR count). The number of furan rings is 1. The van der Waals surface area contributed by atoms with Gasteiger partial charge in [0.15, 0.2) is 0 Å². The summed E-state index contributed by atoms with van der Waals surface area (Å²) in [5.74, 6) is 0. The van der Waals surface area contributed by atoms with Gasteiger partial charge < -0.3 is 14.4 Å². The molecule has 0 atom stereocenters. The first kappa shape index (κ1) is 34.2. The van der Waals surface area contributed by atoms with Crippen LogP contribution in [0.15, 0.2) is 120 Å². The zero-order chi connectivity index (χ0) is 32.5. The monoisotopic (exact) mass is 809 g/mol. The molecule has 0 fully saturated rings. The van der Waals surface area contributed by atoms with E-state index in [0.29, 0.717) is 0 Å². The summed E-state index contributed by atoms with van der Waals surface area (Å²) in [5.41, 5.74) is 10.4. The van der Waals surface area contributed by atoms with E-state index < -0.39 is 8.07 Å². The van der Waals surface area contributed by atoms with Gasteiger partial charge in [0, 0.05) is 43.3 Å². The van der Waals surface area contributed by atoms with Gasteiger partial charge >= 0.3 is 0 Å². The molecule has 5 heteroatoms. The van der Waals surface area contributed by atoms with Crippen molar-refractivity contribution < 1.29 is 24.5 Å². The Bertz CT molecular complexity index is 2110. The summed E-state index contributed by atoms with van der Waals surface area (Å²) in [6.07, 6.45) is 3.91. The van der Waals surface area contributed by atoms with Crippen LogP contribution in [0.3, 0.4) is 0 Å². The Kier molecular flexibility index (Phi) is 10.1. The fourth-order valence-electron chi connectivity index (χ4n) is 5.76. The van der Waals surface area contributed by atoms with Crippen molar-refractivity contribution in [1.82, 2.24) is 9.97 Å². The van der Waals surface area contributed by atoms with Gasteiger partial charge in [-0.3, -0.25) is 0 Å². The minimum absolute atomic E-state index is 0. The van der Waals surface area contributed by atoms with E-state index in [1.54, 1.807) is 0 Å². The molecule has 0 aliphatic heterocycles. The average molecular weight is 809 g/mol. The van der Waals surface area contributed by atoms with Gasteiger partial charge in [0.2, 0.25) is 0 Å². The van der Waals surface area contributed by atoms with Gasteiger partial charge in [0.1, 0.15) is 5.58 Å². The molecule has 0 aliphatic rings. The Morgan fingerprint density at radius 2 is 1.49 bits per heavy atom. The number of hydrogen-bond acceptors (Lipinski definition) is 3. The zero-order valence-electron chi connectivity index (χ0n) is 28.1. The molecule has 4 aromatic carbocycles. The Morgan fingerprint density at radius 1 is 0.745 bits per heavy atom. The topological polar surface area (TPSA) is 38.9 Å². The van der Waals surface area contributed by atoms with E-state index >= 15 is 0 Å². The molecule has 0 saturated carbocycles. The van der Waals surface area contributed by atoms with Crippen molar-refractivity contribution >= 4 is 35.2 Å². The molecule has 0 saturated heterocycles. The van der Waals surface area contributed by atoms with Crippen molar-refractivity contribution in [2.24, 2.45) is 0 Å². The van der Waals surface area contributed by atoms with E-state index in [4.69, 9.17) is 4.42 Å². The maximum Gasteiger partial charge on any atom is 0.120 e. The van der Waals surface area contributed by atoms with E-state index in [2.05, 4.69) is 130 Å². The first-order valence-electron chi connectivity index (χ1n) is 15.8. The van der Waals surface area contributed by atoms with Gasteiger partial charge in [0.05, 0.1) is 13.7 Å². The summed E-state index contributed by atoms with van der Waals surface area (Å²) in [6, 6.07) is 42.1. The third kappa shape index (κ3) is 7.23. The van der Waals surface area contributed by atoms with Crippen LogP contribution in [-0.2, 0) is 25.5 Å². The Morgan fingerprint density at radius 3 is 2.17 bits per heavy atom. The molecule has 3 heterocycles. The third-order valence-electron chi connectivity index (χ3n) is 8.78. The van der Waals surface area contributed by atoms with E-state index in [-0.39, 0.29) is 25.5 Å². The van der Waals surface area contributed by atoms with E-state index in [0.717, 1.165) is 50.0 Å². The van der Waals surface area contributed by atoms with Crippen molar-refractivity contribution in [3.05, 3.63) is 150 Å². The molecule has 47 heavy (non-hydrogen) atoms. The summed E-state index contributed by atoms with van der Waals surface area (Å²) < 4.78 is 6.27. The van der Waals surface area contributed by atoms with Crippen LogP contribution in [0, 0.1) is 26.0 Å².